The molecule has 3 rings (SSSR count). The van der Waals surface area contributed by atoms with Gasteiger partial charge in [0.25, 0.3) is 5.91 Å². The molecule has 0 spiro atoms. The van der Waals surface area contributed by atoms with Gasteiger partial charge in [-0.15, -0.1) is 0 Å². The highest BCUT2D eigenvalue weighted by atomic mass is 16.3. The number of aryl methyl sites for hydroxylation is 1. The normalized spacial score (nSPS) is 23.5. The molecule has 1 aliphatic heterocycles. The van der Waals surface area contributed by atoms with E-state index in [1.54, 1.807) is 18.2 Å². The molecule has 1 saturated carbocycles. The van der Waals surface area contributed by atoms with E-state index in [4.69, 9.17) is 0 Å². The Bertz CT molecular complexity index is 497. The largest absolute Gasteiger partial charge is 0.507 e. The molecule has 1 heterocycles. The van der Waals surface area contributed by atoms with E-state index in [0.29, 0.717) is 5.56 Å². The average molecular weight is 260 g/mol. The first-order valence-corrected chi connectivity index (χ1v) is 6.98. The van der Waals surface area contributed by atoms with Gasteiger partial charge in [0.05, 0.1) is 5.56 Å². The number of likely N-dealkylation sites (tertiary alicyclic amines) is 1. The van der Waals surface area contributed by atoms with Gasteiger partial charge in [-0.3, -0.25) is 9.69 Å². The van der Waals surface area contributed by atoms with Gasteiger partial charge in [0, 0.05) is 25.2 Å². The molecule has 2 N–H and O–H groups in total. The number of aromatic hydroxyl groups is 1. The van der Waals surface area contributed by atoms with Gasteiger partial charge in [-0.25, -0.2) is 0 Å². The lowest BCUT2D eigenvalue weighted by Gasteiger charge is -2.16. The SMILES string of the molecule is Cc1ccc(O)c(C(=O)NC2CCN(C3CC3)C2)c1. The van der Waals surface area contributed by atoms with Crippen LogP contribution in [0, 0.1) is 6.92 Å². The molecule has 0 bridgehead atoms. The minimum atomic E-state index is -0.163. The number of rotatable bonds is 3. The van der Waals surface area contributed by atoms with Crippen molar-refractivity contribution in [1.82, 2.24) is 10.2 Å². The quantitative estimate of drug-likeness (QED) is 0.869. The van der Waals surface area contributed by atoms with Crippen molar-refractivity contribution in [3.8, 4) is 5.75 Å². The summed E-state index contributed by atoms with van der Waals surface area (Å²) in [6.45, 7) is 3.94. The smallest absolute Gasteiger partial charge is 0.255 e. The summed E-state index contributed by atoms with van der Waals surface area (Å²) in [6, 6.07) is 6.09. The lowest BCUT2D eigenvalue weighted by atomic mass is 10.1. The molecular formula is C15H20N2O2. The van der Waals surface area contributed by atoms with Gasteiger partial charge in [-0.05, 0) is 38.3 Å². The molecule has 4 nitrogen and oxygen atoms in total. The molecule has 0 radical (unpaired) electrons. The zero-order chi connectivity index (χ0) is 13.4. The molecular weight excluding hydrogens is 240 g/mol. The monoisotopic (exact) mass is 260 g/mol. The van der Waals surface area contributed by atoms with Gasteiger partial charge in [0.2, 0.25) is 0 Å². The number of nitrogens with one attached hydrogen (secondary N) is 1. The summed E-state index contributed by atoms with van der Waals surface area (Å²) >= 11 is 0. The van der Waals surface area contributed by atoms with Crippen LogP contribution in [-0.2, 0) is 0 Å². The molecule has 2 aliphatic rings. The van der Waals surface area contributed by atoms with E-state index in [1.165, 1.54) is 12.8 Å². The summed E-state index contributed by atoms with van der Waals surface area (Å²) in [6.07, 6.45) is 3.62. The van der Waals surface area contributed by atoms with E-state index in [0.717, 1.165) is 31.1 Å². The number of phenols is 1. The summed E-state index contributed by atoms with van der Waals surface area (Å²) in [7, 11) is 0. The zero-order valence-electron chi connectivity index (χ0n) is 11.2. The van der Waals surface area contributed by atoms with Crippen LogP contribution in [0.25, 0.3) is 0 Å². The van der Waals surface area contributed by atoms with E-state index in [-0.39, 0.29) is 17.7 Å². The fourth-order valence-electron chi connectivity index (χ4n) is 2.77. The molecule has 0 aromatic heterocycles. The van der Waals surface area contributed by atoms with Crippen molar-refractivity contribution >= 4 is 5.91 Å². The van der Waals surface area contributed by atoms with E-state index in [2.05, 4.69) is 10.2 Å². The fourth-order valence-corrected chi connectivity index (χ4v) is 2.77. The Morgan fingerprint density at radius 2 is 2.16 bits per heavy atom. The van der Waals surface area contributed by atoms with Gasteiger partial charge >= 0.3 is 0 Å². The van der Waals surface area contributed by atoms with Gasteiger partial charge in [-0.2, -0.15) is 0 Å². The number of carbonyl (C=O) groups excluding carboxylic acids is 1. The maximum absolute atomic E-state index is 12.2. The maximum Gasteiger partial charge on any atom is 0.255 e. The van der Waals surface area contributed by atoms with Crippen LogP contribution in [0.15, 0.2) is 18.2 Å². The molecule has 1 aliphatic carbocycles. The highest BCUT2D eigenvalue weighted by Gasteiger charge is 2.34. The second-order valence-corrected chi connectivity index (χ2v) is 5.71. The predicted molar refractivity (Wildman–Crippen MR) is 73.3 cm³/mol. The van der Waals surface area contributed by atoms with Crippen LogP contribution in [0.3, 0.4) is 0 Å². The van der Waals surface area contributed by atoms with Gasteiger partial charge in [0.15, 0.2) is 0 Å². The Kier molecular flexibility index (Phi) is 3.19. The van der Waals surface area contributed by atoms with Crippen molar-refractivity contribution in [3.05, 3.63) is 29.3 Å². The Morgan fingerprint density at radius 3 is 2.89 bits per heavy atom. The topological polar surface area (TPSA) is 52.6 Å². The number of phenolic OH excluding ortho intramolecular Hbond substituents is 1. The van der Waals surface area contributed by atoms with Crippen molar-refractivity contribution in [3.63, 3.8) is 0 Å². The Morgan fingerprint density at radius 1 is 1.37 bits per heavy atom. The second kappa shape index (κ2) is 4.85. The van der Waals surface area contributed by atoms with Crippen LogP contribution in [0.5, 0.6) is 5.75 Å². The zero-order valence-corrected chi connectivity index (χ0v) is 11.2. The van der Waals surface area contributed by atoms with Crippen molar-refractivity contribution in [1.29, 1.82) is 0 Å². The summed E-state index contributed by atoms with van der Waals surface area (Å²) < 4.78 is 0. The summed E-state index contributed by atoms with van der Waals surface area (Å²) in [5.41, 5.74) is 1.36. The molecule has 1 unspecified atom stereocenters. The minimum Gasteiger partial charge on any atom is -0.507 e. The van der Waals surface area contributed by atoms with Crippen LogP contribution < -0.4 is 5.32 Å². The number of carbonyl (C=O) groups is 1. The number of hydrogen-bond donors (Lipinski definition) is 2. The summed E-state index contributed by atoms with van der Waals surface area (Å²) in [4.78, 5) is 14.6. The van der Waals surface area contributed by atoms with Crippen molar-refractivity contribution < 1.29 is 9.90 Å². The highest BCUT2D eigenvalue weighted by Crippen LogP contribution is 2.30. The lowest BCUT2D eigenvalue weighted by molar-refractivity contribution is 0.0934. The summed E-state index contributed by atoms with van der Waals surface area (Å²) in [5, 5.41) is 12.8. The molecule has 4 heteroatoms. The summed E-state index contributed by atoms with van der Waals surface area (Å²) in [5.74, 6) is -0.107. The van der Waals surface area contributed by atoms with Gasteiger partial charge in [-0.1, -0.05) is 11.6 Å². The number of nitrogens with zero attached hydrogens (tertiary/aromatic N) is 1. The third-order valence-corrected chi connectivity index (χ3v) is 4.01. The van der Waals surface area contributed by atoms with Crippen LogP contribution >= 0.6 is 0 Å². The van der Waals surface area contributed by atoms with Crippen LogP contribution in [-0.4, -0.2) is 41.1 Å². The maximum atomic E-state index is 12.2. The Hall–Kier alpha value is -1.55. The molecule has 2 fully saturated rings. The fraction of sp³-hybridized carbons (Fsp3) is 0.533. The predicted octanol–water partition coefficient (Wildman–Crippen LogP) is 1.67. The molecule has 1 aromatic rings. The van der Waals surface area contributed by atoms with Crippen LogP contribution in [0.1, 0.15) is 35.2 Å². The molecule has 19 heavy (non-hydrogen) atoms. The van der Waals surface area contributed by atoms with Crippen molar-refractivity contribution in [2.45, 2.75) is 38.3 Å². The first-order chi connectivity index (χ1) is 9.13. The Labute approximate surface area is 113 Å². The third kappa shape index (κ3) is 2.73. The third-order valence-electron chi connectivity index (χ3n) is 4.01. The molecule has 1 saturated heterocycles. The van der Waals surface area contributed by atoms with Gasteiger partial charge < -0.3 is 10.4 Å². The molecule has 1 atom stereocenters. The van der Waals surface area contributed by atoms with E-state index in [1.807, 2.05) is 6.92 Å². The second-order valence-electron chi connectivity index (χ2n) is 5.71. The van der Waals surface area contributed by atoms with Crippen LogP contribution in [0.4, 0.5) is 0 Å². The Balaban J connectivity index is 1.63. The minimum absolute atomic E-state index is 0.0557. The van der Waals surface area contributed by atoms with Crippen LogP contribution in [0.2, 0.25) is 0 Å². The average Bonchev–Trinajstić information content (AvgIpc) is 3.13. The molecule has 102 valence electrons. The number of amides is 1. The van der Waals surface area contributed by atoms with E-state index in [9.17, 15) is 9.90 Å². The number of benzene rings is 1. The first kappa shape index (κ1) is 12.5. The first-order valence-electron chi connectivity index (χ1n) is 6.98. The molecule has 1 aromatic carbocycles. The molecule has 1 amide bonds. The van der Waals surface area contributed by atoms with E-state index >= 15 is 0 Å². The lowest BCUT2D eigenvalue weighted by Crippen LogP contribution is -2.37. The van der Waals surface area contributed by atoms with Gasteiger partial charge in [0.1, 0.15) is 5.75 Å². The standard InChI is InChI=1S/C15H20N2O2/c1-10-2-5-14(18)13(8-10)15(19)16-11-6-7-17(9-11)12-3-4-12/h2,5,8,11-12,18H,3-4,6-7,9H2,1H3,(H,16,19). The van der Waals surface area contributed by atoms with Crippen molar-refractivity contribution in [2.75, 3.05) is 13.1 Å². The highest BCUT2D eigenvalue weighted by molar-refractivity contribution is 5.97. The van der Waals surface area contributed by atoms with Crippen molar-refractivity contribution in [2.24, 2.45) is 0 Å². The number of hydrogen-bond acceptors (Lipinski definition) is 3. The van der Waals surface area contributed by atoms with E-state index < -0.39 is 0 Å².